The normalized spacial score (nSPS) is 11.8. The predicted molar refractivity (Wildman–Crippen MR) is 48.5 cm³/mol. The Morgan fingerprint density at radius 3 is 2.93 bits per heavy atom. The van der Waals surface area contributed by atoms with Crippen molar-refractivity contribution in [2.45, 2.75) is 12.5 Å². The first-order valence-corrected chi connectivity index (χ1v) is 4.15. The van der Waals surface area contributed by atoms with Gasteiger partial charge in [0, 0.05) is 12.6 Å². The van der Waals surface area contributed by atoms with Crippen LogP contribution in [-0.2, 0) is 16.0 Å². The fraction of sp³-hybridized carbons (Fsp3) is 0.222. The van der Waals surface area contributed by atoms with Crippen LogP contribution >= 0.6 is 0 Å². The van der Waals surface area contributed by atoms with Crippen molar-refractivity contribution in [2.75, 3.05) is 0 Å². The summed E-state index contributed by atoms with van der Waals surface area (Å²) in [6.07, 6.45) is 2.67. The molecule has 0 aromatic carbocycles. The molecule has 1 atom stereocenters. The molecule has 0 fully saturated rings. The quantitative estimate of drug-likeness (QED) is 0.671. The zero-order valence-corrected chi connectivity index (χ0v) is 7.68. The first-order valence-electron chi connectivity index (χ1n) is 4.15. The number of halogens is 1. The lowest BCUT2D eigenvalue weighted by Gasteiger charge is -2.10. The molecule has 1 aromatic heterocycles. The molecule has 0 saturated heterocycles. The highest BCUT2D eigenvalue weighted by molar-refractivity contribution is 5.76. The average molecular weight is 212 g/mol. The number of hydrogen-bond acceptors (Lipinski definition) is 3. The molecule has 1 aromatic rings. The summed E-state index contributed by atoms with van der Waals surface area (Å²) in [5.41, 5.74) is 0.414. The number of aromatic nitrogens is 1. The lowest BCUT2D eigenvalue weighted by Crippen LogP contribution is -2.37. The second kappa shape index (κ2) is 5.04. The van der Waals surface area contributed by atoms with Crippen LogP contribution in [0, 0.1) is 5.82 Å². The molecular formula is C9H9FN2O3. The van der Waals surface area contributed by atoms with Crippen LogP contribution in [0.2, 0.25) is 0 Å². The Morgan fingerprint density at radius 2 is 2.40 bits per heavy atom. The van der Waals surface area contributed by atoms with Crippen LogP contribution in [0.3, 0.4) is 0 Å². The van der Waals surface area contributed by atoms with E-state index >= 15 is 0 Å². The van der Waals surface area contributed by atoms with Crippen molar-refractivity contribution in [3.63, 3.8) is 0 Å². The molecule has 1 heterocycles. The Kier molecular flexibility index (Phi) is 3.73. The molecule has 15 heavy (non-hydrogen) atoms. The maximum absolute atomic E-state index is 12.7. The topological polar surface area (TPSA) is 79.3 Å². The SMILES string of the molecule is O=CNC(Cc1cncc(F)c1)C(=O)O. The van der Waals surface area contributed by atoms with E-state index in [1.165, 1.54) is 12.3 Å². The van der Waals surface area contributed by atoms with E-state index in [9.17, 15) is 14.0 Å². The number of carbonyl (C=O) groups is 2. The summed E-state index contributed by atoms with van der Waals surface area (Å²) in [7, 11) is 0. The molecule has 0 aliphatic heterocycles. The van der Waals surface area contributed by atoms with Crippen LogP contribution in [0.4, 0.5) is 4.39 Å². The Morgan fingerprint density at radius 1 is 1.67 bits per heavy atom. The van der Waals surface area contributed by atoms with Crippen LogP contribution in [0.15, 0.2) is 18.5 Å². The van der Waals surface area contributed by atoms with Crippen LogP contribution in [-0.4, -0.2) is 28.5 Å². The van der Waals surface area contributed by atoms with Crippen molar-refractivity contribution < 1.29 is 19.1 Å². The molecule has 6 heteroatoms. The largest absolute Gasteiger partial charge is 0.480 e. The molecule has 2 N–H and O–H groups in total. The zero-order valence-electron chi connectivity index (χ0n) is 7.68. The van der Waals surface area contributed by atoms with E-state index in [-0.39, 0.29) is 6.42 Å². The van der Waals surface area contributed by atoms with E-state index in [1.807, 2.05) is 0 Å². The molecule has 0 aliphatic rings. The van der Waals surface area contributed by atoms with E-state index in [2.05, 4.69) is 10.3 Å². The van der Waals surface area contributed by atoms with Gasteiger partial charge in [-0.3, -0.25) is 9.78 Å². The molecule has 0 bridgehead atoms. The number of carboxylic acids is 1. The Hall–Kier alpha value is -1.98. The van der Waals surface area contributed by atoms with Crippen LogP contribution in [0.5, 0.6) is 0 Å². The standard InChI is InChI=1S/C9H9FN2O3/c10-7-1-6(3-11-4-7)2-8(9(14)15)12-5-13/h1,3-5,8H,2H2,(H,12,13)(H,14,15). The van der Waals surface area contributed by atoms with Crippen LogP contribution < -0.4 is 5.32 Å². The van der Waals surface area contributed by atoms with E-state index in [0.29, 0.717) is 12.0 Å². The third-order valence-corrected chi connectivity index (χ3v) is 1.77. The molecule has 0 saturated carbocycles. The lowest BCUT2D eigenvalue weighted by molar-refractivity contribution is -0.140. The maximum atomic E-state index is 12.7. The van der Waals surface area contributed by atoms with Gasteiger partial charge in [-0.2, -0.15) is 0 Å². The van der Waals surface area contributed by atoms with Crippen molar-refractivity contribution >= 4 is 12.4 Å². The van der Waals surface area contributed by atoms with Crippen molar-refractivity contribution in [3.05, 3.63) is 29.8 Å². The summed E-state index contributed by atoms with van der Waals surface area (Å²) in [6, 6.07) is 0.112. The number of nitrogens with zero attached hydrogens (tertiary/aromatic N) is 1. The average Bonchev–Trinajstić information content (AvgIpc) is 2.17. The van der Waals surface area contributed by atoms with Gasteiger partial charge in [0.25, 0.3) is 0 Å². The Bertz CT molecular complexity index is 370. The summed E-state index contributed by atoms with van der Waals surface area (Å²) < 4.78 is 12.7. The minimum atomic E-state index is -1.17. The highest BCUT2D eigenvalue weighted by Crippen LogP contribution is 2.04. The van der Waals surface area contributed by atoms with Crippen molar-refractivity contribution in [3.8, 4) is 0 Å². The van der Waals surface area contributed by atoms with Crippen molar-refractivity contribution in [1.29, 1.82) is 0 Å². The van der Waals surface area contributed by atoms with E-state index < -0.39 is 17.8 Å². The molecule has 5 nitrogen and oxygen atoms in total. The van der Waals surface area contributed by atoms with Crippen molar-refractivity contribution in [1.82, 2.24) is 10.3 Å². The summed E-state index contributed by atoms with van der Waals surface area (Å²) in [5.74, 6) is -1.71. The molecule has 0 radical (unpaired) electrons. The van der Waals surface area contributed by atoms with Gasteiger partial charge in [-0.15, -0.1) is 0 Å². The molecule has 0 spiro atoms. The third kappa shape index (κ3) is 3.34. The lowest BCUT2D eigenvalue weighted by atomic mass is 10.1. The van der Waals surface area contributed by atoms with Gasteiger partial charge in [-0.25, -0.2) is 9.18 Å². The number of nitrogens with one attached hydrogen (secondary N) is 1. The molecule has 1 amide bonds. The Balaban J connectivity index is 2.73. The van der Waals surface area contributed by atoms with Gasteiger partial charge in [-0.05, 0) is 11.6 Å². The fourth-order valence-electron chi connectivity index (χ4n) is 1.10. The number of hydrogen-bond donors (Lipinski definition) is 2. The van der Waals surface area contributed by atoms with Gasteiger partial charge in [0.2, 0.25) is 6.41 Å². The van der Waals surface area contributed by atoms with Crippen LogP contribution in [0.25, 0.3) is 0 Å². The minimum Gasteiger partial charge on any atom is -0.480 e. The predicted octanol–water partition coefficient (Wildman–Crippen LogP) is -0.0376. The van der Waals surface area contributed by atoms with Gasteiger partial charge < -0.3 is 10.4 Å². The maximum Gasteiger partial charge on any atom is 0.326 e. The number of carboxylic acid groups (broad SMARTS) is 1. The van der Waals surface area contributed by atoms with Gasteiger partial charge in [-0.1, -0.05) is 0 Å². The first-order chi connectivity index (χ1) is 7.13. The summed E-state index contributed by atoms with van der Waals surface area (Å²) >= 11 is 0. The van der Waals surface area contributed by atoms with Gasteiger partial charge in [0.05, 0.1) is 6.20 Å². The summed E-state index contributed by atoms with van der Waals surface area (Å²) in [4.78, 5) is 24.3. The second-order valence-corrected chi connectivity index (χ2v) is 2.89. The van der Waals surface area contributed by atoms with E-state index in [1.54, 1.807) is 0 Å². The molecule has 1 rings (SSSR count). The third-order valence-electron chi connectivity index (χ3n) is 1.77. The molecule has 1 unspecified atom stereocenters. The second-order valence-electron chi connectivity index (χ2n) is 2.89. The Labute approximate surface area is 84.9 Å². The van der Waals surface area contributed by atoms with Crippen molar-refractivity contribution in [2.24, 2.45) is 0 Å². The summed E-state index contributed by atoms with van der Waals surface area (Å²) in [6.45, 7) is 0. The molecular weight excluding hydrogens is 203 g/mol. The van der Waals surface area contributed by atoms with Gasteiger partial charge in [0.1, 0.15) is 11.9 Å². The monoisotopic (exact) mass is 212 g/mol. The van der Waals surface area contributed by atoms with E-state index in [0.717, 1.165) is 6.20 Å². The van der Waals surface area contributed by atoms with Gasteiger partial charge >= 0.3 is 5.97 Å². The number of carbonyl (C=O) groups excluding carboxylic acids is 1. The van der Waals surface area contributed by atoms with Gasteiger partial charge in [0.15, 0.2) is 0 Å². The summed E-state index contributed by atoms with van der Waals surface area (Å²) in [5, 5.41) is 10.8. The number of rotatable bonds is 5. The number of aliphatic carboxylic acids is 1. The molecule has 80 valence electrons. The first kappa shape index (κ1) is 11.1. The van der Waals surface area contributed by atoms with Crippen LogP contribution in [0.1, 0.15) is 5.56 Å². The number of pyridine rings is 1. The minimum absolute atomic E-state index is 0.00116. The highest BCUT2D eigenvalue weighted by Gasteiger charge is 2.16. The highest BCUT2D eigenvalue weighted by atomic mass is 19.1. The molecule has 0 aliphatic carbocycles. The van der Waals surface area contributed by atoms with E-state index in [4.69, 9.17) is 5.11 Å². The zero-order chi connectivity index (χ0) is 11.3. The number of amides is 1. The fourth-order valence-corrected chi connectivity index (χ4v) is 1.10. The smallest absolute Gasteiger partial charge is 0.326 e.